The summed E-state index contributed by atoms with van der Waals surface area (Å²) in [5.41, 5.74) is 3.34. The van der Waals surface area contributed by atoms with Crippen LogP contribution in [0.15, 0.2) is 30.5 Å². The number of nitrogens with zero attached hydrogens (tertiary/aromatic N) is 2. The first-order valence-electron chi connectivity index (χ1n) is 9.93. The van der Waals surface area contributed by atoms with Gasteiger partial charge in [0.15, 0.2) is 0 Å². The van der Waals surface area contributed by atoms with E-state index in [0.717, 1.165) is 35.4 Å². The number of benzene rings is 1. The Morgan fingerprint density at radius 1 is 1.17 bits per heavy atom. The van der Waals surface area contributed by atoms with Crippen LogP contribution >= 0.6 is 0 Å². The third-order valence-corrected chi connectivity index (χ3v) is 5.95. The summed E-state index contributed by atoms with van der Waals surface area (Å²) in [5, 5.41) is 3.57. The molecule has 1 aromatic carbocycles. The molecule has 0 bridgehead atoms. The summed E-state index contributed by atoms with van der Waals surface area (Å²) in [6.45, 7) is 1.44. The van der Waals surface area contributed by atoms with E-state index in [9.17, 15) is 19.2 Å². The lowest BCUT2D eigenvalue weighted by Gasteiger charge is -2.32. The minimum absolute atomic E-state index is 0.0645. The quantitative estimate of drug-likeness (QED) is 0.766. The topological polar surface area (TPSA) is 98.8 Å². The van der Waals surface area contributed by atoms with Crippen molar-refractivity contribution in [2.24, 2.45) is 0 Å². The predicted molar refractivity (Wildman–Crippen MR) is 105 cm³/mol. The third-order valence-electron chi connectivity index (χ3n) is 5.95. The van der Waals surface area contributed by atoms with E-state index in [4.69, 9.17) is 0 Å². The first-order chi connectivity index (χ1) is 13.9. The number of fused-ring (bicyclic) bond motifs is 1. The summed E-state index contributed by atoms with van der Waals surface area (Å²) >= 11 is 0. The molecule has 4 rings (SSSR count). The van der Waals surface area contributed by atoms with Crippen molar-refractivity contribution < 1.29 is 19.2 Å². The van der Waals surface area contributed by atoms with Crippen LogP contribution in [0.2, 0.25) is 0 Å². The molecule has 0 aromatic heterocycles. The zero-order valence-electron chi connectivity index (χ0n) is 16.3. The number of hydrazine groups is 1. The minimum Gasteiger partial charge on any atom is -0.322 e. The smallest absolute Gasteiger partial charge is 0.322 e. The molecule has 1 spiro atoms. The first kappa shape index (κ1) is 19.2. The Labute approximate surface area is 168 Å². The second-order valence-electron chi connectivity index (χ2n) is 7.84. The average Bonchev–Trinajstić information content (AvgIpc) is 2.92. The fourth-order valence-corrected chi connectivity index (χ4v) is 4.48. The van der Waals surface area contributed by atoms with Gasteiger partial charge in [-0.1, -0.05) is 43.5 Å². The van der Waals surface area contributed by atoms with Gasteiger partial charge in [0.05, 0.1) is 12.5 Å². The SMILES string of the molecule is CC(=O)N1C=Cc2ccccc2[C@@H]1CC(=O)NN1C(=O)NC2(CCCCC2)C1=O. The van der Waals surface area contributed by atoms with E-state index in [1.165, 1.54) is 11.8 Å². The number of imide groups is 1. The molecule has 0 radical (unpaired) electrons. The van der Waals surface area contributed by atoms with Gasteiger partial charge in [-0.25, -0.2) is 4.79 Å². The normalized spacial score (nSPS) is 22.4. The van der Waals surface area contributed by atoms with Crippen molar-refractivity contribution in [1.82, 2.24) is 20.7 Å². The van der Waals surface area contributed by atoms with Crippen LogP contribution in [-0.2, 0) is 14.4 Å². The van der Waals surface area contributed by atoms with E-state index < -0.39 is 29.4 Å². The summed E-state index contributed by atoms with van der Waals surface area (Å²) in [6.07, 6.45) is 7.37. The van der Waals surface area contributed by atoms with Gasteiger partial charge < -0.3 is 10.2 Å². The Kier molecular flexibility index (Phi) is 4.86. The fraction of sp³-hybridized carbons (Fsp3) is 0.429. The molecule has 2 fully saturated rings. The number of rotatable bonds is 3. The molecule has 0 unspecified atom stereocenters. The molecule has 29 heavy (non-hydrogen) atoms. The zero-order valence-corrected chi connectivity index (χ0v) is 16.3. The van der Waals surface area contributed by atoms with Gasteiger partial charge in [-0.15, -0.1) is 0 Å². The maximum Gasteiger partial charge on any atom is 0.344 e. The highest BCUT2D eigenvalue weighted by Gasteiger charge is 2.52. The maximum absolute atomic E-state index is 12.8. The van der Waals surface area contributed by atoms with Crippen molar-refractivity contribution in [2.45, 2.75) is 57.0 Å². The number of carbonyl (C=O) groups excluding carboxylic acids is 4. The number of urea groups is 1. The van der Waals surface area contributed by atoms with Crippen molar-refractivity contribution in [3.05, 3.63) is 41.6 Å². The summed E-state index contributed by atoms with van der Waals surface area (Å²) in [5.74, 6) is -1.09. The Morgan fingerprint density at radius 3 is 2.62 bits per heavy atom. The van der Waals surface area contributed by atoms with Crippen LogP contribution in [-0.4, -0.2) is 39.2 Å². The van der Waals surface area contributed by atoms with Crippen molar-refractivity contribution in [3.63, 3.8) is 0 Å². The van der Waals surface area contributed by atoms with Crippen LogP contribution in [0.5, 0.6) is 0 Å². The van der Waals surface area contributed by atoms with Gasteiger partial charge in [-0.05, 0) is 30.0 Å². The van der Waals surface area contributed by atoms with Crippen molar-refractivity contribution in [1.29, 1.82) is 0 Å². The van der Waals surface area contributed by atoms with Crippen molar-refractivity contribution >= 4 is 29.8 Å². The molecule has 2 N–H and O–H groups in total. The molecular formula is C21H24N4O4. The Bertz CT molecular complexity index is 904. The van der Waals surface area contributed by atoms with Gasteiger partial charge in [0, 0.05) is 13.1 Å². The maximum atomic E-state index is 12.8. The highest BCUT2D eigenvalue weighted by Crippen LogP contribution is 2.34. The van der Waals surface area contributed by atoms with E-state index in [1.807, 2.05) is 30.3 Å². The van der Waals surface area contributed by atoms with Crippen LogP contribution in [0.25, 0.3) is 6.08 Å². The Balaban J connectivity index is 1.50. The van der Waals surface area contributed by atoms with Crippen LogP contribution in [0.1, 0.15) is 62.6 Å². The van der Waals surface area contributed by atoms with E-state index in [2.05, 4.69) is 10.7 Å². The molecule has 2 heterocycles. The van der Waals surface area contributed by atoms with Gasteiger partial charge in [-0.3, -0.25) is 19.8 Å². The average molecular weight is 396 g/mol. The van der Waals surface area contributed by atoms with Gasteiger partial charge >= 0.3 is 6.03 Å². The summed E-state index contributed by atoms with van der Waals surface area (Å²) in [4.78, 5) is 51.5. The predicted octanol–water partition coefficient (Wildman–Crippen LogP) is 2.24. The highest BCUT2D eigenvalue weighted by molar-refractivity contribution is 6.08. The third kappa shape index (κ3) is 3.39. The summed E-state index contributed by atoms with van der Waals surface area (Å²) in [7, 11) is 0. The lowest BCUT2D eigenvalue weighted by Crippen LogP contribution is -2.51. The van der Waals surface area contributed by atoms with Crippen molar-refractivity contribution in [3.8, 4) is 0 Å². The molecule has 8 nitrogen and oxygen atoms in total. The van der Waals surface area contributed by atoms with Crippen LogP contribution in [0.3, 0.4) is 0 Å². The standard InChI is InChI=1S/C21H24N4O4/c1-14(26)24-12-9-15-7-3-4-8-16(15)17(24)13-18(27)23-25-19(28)21(22-20(25)29)10-5-2-6-11-21/h3-4,7-9,12,17H,2,5-6,10-11,13H2,1H3,(H,22,29)(H,23,27)/t17-/m0/s1. The van der Waals surface area contributed by atoms with E-state index in [0.29, 0.717) is 12.8 Å². The largest absolute Gasteiger partial charge is 0.344 e. The van der Waals surface area contributed by atoms with Gasteiger partial charge in [-0.2, -0.15) is 5.01 Å². The highest BCUT2D eigenvalue weighted by atomic mass is 16.2. The monoisotopic (exact) mass is 396 g/mol. The second kappa shape index (κ2) is 7.35. The molecular weight excluding hydrogens is 372 g/mol. The fourth-order valence-electron chi connectivity index (χ4n) is 4.48. The summed E-state index contributed by atoms with van der Waals surface area (Å²) in [6, 6.07) is 6.43. The number of hydrogen-bond donors (Lipinski definition) is 2. The minimum atomic E-state index is -0.895. The molecule has 152 valence electrons. The Morgan fingerprint density at radius 2 is 1.90 bits per heavy atom. The first-order valence-corrected chi connectivity index (χ1v) is 9.93. The Hall–Kier alpha value is -3.16. The molecule has 3 aliphatic rings. The number of carbonyl (C=O) groups is 4. The molecule has 1 saturated heterocycles. The van der Waals surface area contributed by atoms with Crippen LogP contribution < -0.4 is 10.7 Å². The molecule has 2 aliphatic heterocycles. The van der Waals surface area contributed by atoms with E-state index in [1.54, 1.807) is 6.20 Å². The lowest BCUT2D eigenvalue weighted by molar-refractivity contribution is -0.140. The zero-order chi connectivity index (χ0) is 20.6. The van der Waals surface area contributed by atoms with Crippen LogP contribution in [0.4, 0.5) is 4.79 Å². The number of amides is 5. The molecule has 1 aromatic rings. The molecule has 8 heteroatoms. The molecule has 1 atom stereocenters. The van der Waals surface area contributed by atoms with Gasteiger partial charge in [0.2, 0.25) is 11.8 Å². The van der Waals surface area contributed by atoms with Gasteiger partial charge in [0.25, 0.3) is 5.91 Å². The number of hydrogen-bond acceptors (Lipinski definition) is 4. The van der Waals surface area contributed by atoms with E-state index >= 15 is 0 Å². The van der Waals surface area contributed by atoms with Gasteiger partial charge in [0.1, 0.15) is 5.54 Å². The molecule has 1 saturated carbocycles. The lowest BCUT2D eigenvalue weighted by atomic mass is 9.82. The molecule has 5 amide bonds. The van der Waals surface area contributed by atoms with Crippen LogP contribution in [0, 0.1) is 0 Å². The van der Waals surface area contributed by atoms with Crippen molar-refractivity contribution in [2.75, 3.05) is 0 Å². The second-order valence-corrected chi connectivity index (χ2v) is 7.84. The van der Waals surface area contributed by atoms with E-state index in [-0.39, 0.29) is 12.3 Å². The molecule has 1 aliphatic carbocycles. The summed E-state index contributed by atoms with van der Waals surface area (Å²) < 4.78 is 0. The number of nitrogens with one attached hydrogen (secondary N) is 2.